The van der Waals surface area contributed by atoms with E-state index in [9.17, 15) is 13.2 Å². The van der Waals surface area contributed by atoms with Crippen molar-refractivity contribution in [3.05, 3.63) is 35.9 Å². The Balaban J connectivity index is 2.72. The molecule has 0 aromatic heterocycles. The molecule has 0 unspecified atom stereocenters. The lowest BCUT2D eigenvalue weighted by atomic mass is 10.1. The van der Waals surface area contributed by atoms with Crippen LogP contribution >= 0.6 is 0 Å². The van der Waals surface area contributed by atoms with Gasteiger partial charge in [0.05, 0.1) is 12.3 Å². The van der Waals surface area contributed by atoms with E-state index >= 15 is 0 Å². The largest absolute Gasteiger partial charge is 0.320 e. The molecule has 1 amide bonds. The number of benzene rings is 1. The number of sulfonamides is 1. The summed E-state index contributed by atoms with van der Waals surface area (Å²) in [7, 11) is -3.76. The third-order valence-electron chi connectivity index (χ3n) is 2.19. The van der Waals surface area contributed by atoms with Crippen molar-refractivity contribution >= 4 is 15.9 Å². The quantitative estimate of drug-likeness (QED) is 0.418. The molecule has 1 rings (SSSR count). The van der Waals surface area contributed by atoms with Gasteiger partial charge in [0, 0.05) is 0 Å². The molecule has 0 fully saturated rings. The van der Waals surface area contributed by atoms with Gasteiger partial charge in [-0.3, -0.25) is 4.79 Å². The van der Waals surface area contributed by atoms with Crippen LogP contribution in [0.15, 0.2) is 30.3 Å². The van der Waals surface area contributed by atoms with Crippen molar-refractivity contribution in [1.29, 1.82) is 0 Å². The van der Waals surface area contributed by atoms with E-state index in [2.05, 4.69) is 0 Å². The first-order valence-corrected chi connectivity index (χ1v) is 6.75. The summed E-state index contributed by atoms with van der Waals surface area (Å²) in [4.78, 5) is 11.6. The molecule has 4 N–H and O–H groups in total. The first-order valence-electron chi connectivity index (χ1n) is 4.90. The van der Waals surface area contributed by atoms with Crippen molar-refractivity contribution in [3.8, 4) is 0 Å². The van der Waals surface area contributed by atoms with Crippen LogP contribution in [0.5, 0.6) is 0 Å². The molecule has 0 bridgehead atoms. The molecule has 0 heterocycles. The molecule has 1 aromatic rings. The van der Waals surface area contributed by atoms with E-state index in [-0.39, 0.29) is 10.8 Å². The van der Waals surface area contributed by atoms with Gasteiger partial charge in [-0.1, -0.05) is 30.3 Å². The molecule has 94 valence electrons. The van der Waals surface area contributed by atoms with Crippen LogP contribution in [-0.2, 0) is 21.2 Å². The summed E-state index contributed by atoms with van der Waals surface area (Å²) >= 11 is 0. The minimum Gasteiger partial charge on any atom is -0.320 e. The number of rotatable bonds is 4. The predicted octanol–water partition coefficient (Wildman–Crippen LogP) is -0.782. The van der Waals surface area contributed by atoms with Crippen molar-refractivity contribution in [2.75, 3.05) is 6.26 Å². The van der Waals surface area contributed by atoms with Crippen molar-refractivity contribution in [1.82, 2.24) is 4.41 Å². The third kappa shape index (κ3) is 3.81. The van der Waals surface area contributed by atoms with Gasteiger partial charge in [0.25, 0.3) is 5.91 Å². The van der Waals surface area contributed by atoms with E-state index in [1.807, 2.05) is 18.2 Å². The molecule has 17 heavy (non-hydrogen) atoms. The molecule has 1 aromatic carbocycles. The minimum absolute atomic E-state index is 0.181. The molecule has 0 aliphatic carbocycles. The Hall–Kier alpha value is -1.44. The smallest absolute Gasteiger partial charge is 0.267 e. The Kier molecular flexibility index (Phi) is 4.22. The number of hydrogen-bond acceptors (Lipinski definition) is 5. The monoisotopic (exact) mass is 257 g/mol. The van der Waals surface area contributed by atoms with Gasteiger partial charge in [-0.05, 0) is 12.0 Å². The highest BCUT2D eigenvalue weighted by atomic mass is 32.2. The second-order valence-corrected chi connectivity index (χ2v) is 5.55. The maximum absolute atomic E-state index is 11.6. The number of carbonyl (C=O) groups is 1. The lowest BCUT2D eigenvalue weighted by Crippen LogP contribution is -2.50. The average Bonchev–Trinajstić information content (AvgIpc) is 2.27. The second-order valence-electron chi connectivity index (χ2n) is 3.69. The highest BCUT2D eigenvalue weighted by molar-refractivity contribution is 7.88. The Morgan fingerprint density at radius 2 is 1.88 bits per heavy atom. The first kappa shape index (κ1) is 13.6. The summed E-state index contributed by atoms with van der Waals surface area (Å²) in [5.41, 5.74) is 6.45. The zero-order chi connectivity index (χ0) is 13.1. The molecule has 0 saturated carbocycles. The van der Waals surface area contributed by atoms with Crippen LogP contribution in [0.3, 0.4) is 0 Å². The standard InChI is InChI=1S/C10H15N3O3S/c1-17(15,16)13(12)10(14)9(11)7-8-5-3-2-4-6-8/h2-6,9H,7,11-12H2,1H3/t9-/m0/s1. The molecule has 7 heteroatoms. The fourth-order valence-electron chi connectivity index (χ4n) is 1.28. The third-order valence-corrected chi connectivity index (χ3v) is 3.08. The van der Waals surface area contributed by atoms with Crippen molar-refractivity contribution in [2.45, 2.75) is 12.5 Å². The highest BCUT2D eigenvalue weighted by Gasteiger charge is 2.25. The molecule has 0 aliphatic rings. The van der Waals surface area contributed by atoms with Gasteiger partial charge in [-0.25, -0.2) is 14.3 Å². The van der Waals surface area contributed by atoms with Gasteiger partial charge >= 0.3 is 0 Å². The Labute approximate surface area is 100 Å². The maximum Gasteiger partial charge on any atom is 0.267 e. The van der Waals surface area contributed by atoms with Gasteiger partial charge in [-0.15, -0.1) is 0 Å². The SMILES string of the molecule is CS(=O)(=O)N(N)C(=O)[C@@H](N)Cc1ccccc1. The molecule has 1 atom stereocenters. The van der Waals surface area contributed by atoms with Crippen molar-refractivity contribution in [3.63, 3.8) is 0 Å². The number of nitrogens with zero attached hydrogens (tertiary/aromatic N) is 1. The zero-order valence-electron chi connectivity index (χ0n) is 9.41. The topological polar surface area (TPSA) is 106 Å². The van der Waals surface area contributed by atoms with E-state index in [1.165, 1.54) is 0 Å². The molecule has 0 spiro atoms. The minimum atomic E-state index is -3.76. The Morgan fingerprint density at radius 1 is 1.35 bits per heavy atom. The van der Waals surface area contributed by atoms with Gasteiger partial charge in [0.15, 0.2) is 0 Å². The second kappa shape index (κ2) is 5.26. The number of amides is 1. The number of carbonyl (C=O) groups excluding carboxylic acids is 1. The van der Waals surface area contributed by atoms with Crippen LogP contribution in [-0.4, -0.2) is 31.0 Å². The fraction of sp³-hybridized carbons (Fsp3) is 0.300. The van der Waals surface area contributed by atoms with Crippen LogP contribution in [0.2, 0.25) is 0 Å². The van der Waals surface area contributed by atoms with E-state index in [1.54, 1.807) is 12.1 Å². The molecular formula is C10H15N3O3S. The lowest BCUT2D eigenvalue weighted by Gasteiger charge is -2.18. The molecular weight excluding hydrogens is 242 g/mol. The molecule has 0 saturated heterocycles. The number of hydrogen-bond donors (Lipinski definition) is 2. The number of hydrazine groups is 1. The van der Waals surface area contributed by atoms with E-state index in [0.29, 0.717) is 0 Å². The zero-order valence-corrected chi connectivity index (χ0v) is 10.2. The molecule has 0 radical (unpaired) electrons. The van der Waals surface area contributed by atoms with Crippen LogP contribution in [0.1, 0.15) is 5.56 Å². The Morgan fingerprint density at radius 3 is 2.35 bits per heavy atom. The lowest BCUT2D eigenvalue weighted by molar-refractivity contribution is -0.128. The van der Waals surface area contributed by atoms with Crippen molar-refractivity contribution in [2.24, 2.45) is 11.6 Å². The molecule has 0 aliphatic heterocycles. The summed E-state index contributed by atoms with van der Waals surface area (Å²) in [5.74, 6) is 4.34. The van der Waals surface area contributed by atoms with Gasteiger partial charge in [-0.2, -0.15) is 4.41 Å². The average molecular weight is 257 g/mol. The van der Waals surface area contributed by atoms with Gasteiger partial charge in [0.2, 0.25) is 10.0 Å². The van der Waals surface area contributed by atoms with Gasteiger partial charge < -0.3 is 5.73 Å². The van der Waals surface area contributed by atoms with E-state index in [4.69, 9.17) is 11.6 Å². The highest BCUT2D eigenvalue weighted by Crippen LogP contribution is 2.04. The summed E-state index contributed by atoms with van der Waals surface area (Å²) in [6, 6.07) is 8.08. The van der Waals surface area contributed by atoms with Gasteiger partial charge in [0.1, 0.15) is 0 Å². The predicted molar refractivity (Wildman–Crippen MR) is 64.0 cm³/mol. The van der Waals surface area contributed by atoms with E-state index < -0.39 is 22.0 Å². The number of nitrogens with two attached hydrogens (primary N) is 2. The van der Waals surface area contributed by atoms with Crippen LogP contribution in [0.25, 0.3) is 0 Å². The first-order chi connectivity index (χ1) is 7.82. The summed E-state index contributed by atoms with van der Waals surface area (Å²) in [6.45, 7) is 0. The van der Waals surface area contributed by atoms with Crippen LogP contribution < -0.4 is 11.6 Å². The molecule has 6 nitrogen and oxygen atoms in total. The van der Waals surface area contributed by atoms with Crippen LogP contribution in [0.4, 0.5) is 0 Å². The summed E-state index contributed by atoms with van der Waals surface area (Å²) < 4.78 is 22.3. The normalized spacial score (nSPS) is 13.1. The Bertz CT molecular complexity index is 487. The maximum atomic E-state index is 11.6. The summed E-state index contributed by atoms with van der Waals surface area (Å²) in [6.07, 6.45) is 1.09. The van der Waals surface area contributed by atoms with Crippen molar-refractivity contribution < 1.29 is 13.2 Å². The van der Waals surface area contributed by atoms with E-state index in [0.717, 1.165) is 11.8 Å². The summed E-state index contributed by atoms with van der Waals surface area (Å²) in [5, 5.41) is 0. The van der Waals surface area contributed by atoms with Crippen LogP contribution in [0, 0.1) is 0 Å². The fourth-order valence-corrected chi connectivity index (χ4v) is 1.74.